The van der Waals surface area contributed by atoms with Crippen LogP contribution in [0.2, 0.25) is 0 Å². The molecule has 2 heterocycles. The molecule has 14 nitrogen and oxygen atoms in total. The number of aliphatic hydroxyl groups excluding tert-OH is 5. The topological polar surface area (TPSA) is 205 Å². The molecule has 4 unspecified atom stereocenters. The molecular weight excluding hydrogens is 760 g/mol. The van der Waals surface area contributed by atoms with E-state index in [0.717, 1.165) is 16.7 Å². The summed E-state index contributed by atoms with van der Waals surface area (Å²) in [5.74, 6) is -1.45. The lowest BCUT2D eigenvalue weighted by Crippen LogP contribution is -2.58. The van der Waals surface area contributed by atoms with Crippen LogP contribution in [0, 0.1) is 11.8 Å². The van der Waals surface area contributed by atoms with Gasteiger partial charge in [-0.05, 0) is 57.2 Å². The van der Waals surface area contributed by atoms with Crippen LogP contribution in [-0.4, -0.2) is 124 Å². The highest BCUT2D eigenvalue weighted by Crippen LogP contribution is 2.31. The fourth-order valence-electron chi connectivity index (χ4n) is 7.13. The van der Waals surface area contributed by atoms with E-state index in [1.807, 2.05) is 112 Å². The van der Waals surface area contributed by atoms with Gasteiger partial charge in [0.15, 0.2) is 12.6 Å². The predicted octanol–water partition coefficient (Wildman–Crippen LogP) is 2.65. The lowest BCUT2D eigenvalue weighted by atomic mass is 9.92. The molecule has 7 N–H and O–H groups in total. The first-order valence-electron chi connectivity index (χ1n) is 20.4. The van der Waals surface area contributed by atoms with Crippen LogP contribution in [-0.2, 0) is 52.7 Å². The number of aliphatic hydroxyl groups is 5. The number of nitrogens with one attached hydrogen (secondary N) is 2. The molecule has 14 atom stereocenters. The SMILES string of the molecule is CC1[C@@H](OCc2ccccc2)OC(CO)[C@@H](O)[C@@H]1O[C@@H](C)C(=O)N[C@@H](C)Cc1ccccc1.CC1[C@@H](O[C@@H](C)C(=O)N[C@@H](C)Cc2ccccc2)[C@H](O)C(CO)O[C@@H]1O. The summed E-state index contributed by atoms with van der Waals surface area (Å²) in [6.45, 7) is 10.1. The Morgan fingerprint density at radius 2 is 1.00 bits per heavy atom. The maximum Gasteiger partial charge on any atom is 0.249 e. The molecule has 3 aromatic rings. The van der Waals surface area contributed by atoms with Crippen molar-refractivity contribution < 1.29 is 58.8 Å². The summed E-state index contributed by atoms with van der Waals surface area (Å²) in [6.07, 6.45) is -7.65. The summed E-state index contributed by atoms with van der Waals surface area (Å²) < 4.78 is 28.6. The van der Waals surface area contributed by atoms with E-state index in [2.05, 4.69) is 10.6 Å². The normalized spacial score (nSPS) is 28.9. The highest BCUT2D eigenvalue weighted by Gasteiger charge is 2.46. The van der Waals surface area contributed by atoms with E-state index >= 15 is 0 Å². The van der Waals surface area contributed by atoms with Crippen LogP contribution in [0.5, 0.6) is 0 Å². The van der Waals surface area contributed by atoms with Gasteiger partial charge in [0.1, 0.15) is 36.6 Å². The van der Waals surface area contributed by atoms with Crippen molar-refractivity contribution >= 4 is 11.8 Å². The Morgan fingerprint density at radius 1 is 0.610 bits per heavy atom. The number of hydrogen-bond donors (Lipinski definition) is 7. The number of carbonyl (C=O) groups is 2. The van der Waals surface area contributed by atoms with Gasteiger partial charge in [-0.25, -0.2) is 0 Å². The molecule has 5 rings (SSSR count). The van der Waals surface area contributed by atoms with Crippen molar-refractivity contribution in [3.63, 3.8) is 0 Å². The molecule has 0 aliphatic carbocycles. The van der Waals surface area contributed by atoms with Gasteiger partial charge in [-0.1, -0.05) is 105 Å². The number of amides is 2. The van der Waals surface area contributed by atoms with Crippen LogP contribution in [0.25, 0.3) is 0 Å². The molecular formula is C45H64N2O12. The summed E-state index contributed by atoms with van der Waals surface area (Å²) >= 11 is 0. The first-order valence-corrected chi connectivity index (χ1v) is 20.4. The summed E-state index contributed by atoms with van der Waals surface area (Å²) in [4.78, 5) is 25.1. The molecule has 2 amide bonds. The van der Waals surface area contributed by atoms with Crippen molar-refractivity contribution in [2.45, 2.75) is 134 Å². The minimum Gasteiger partial charge on any atom is -0.394 e. The maximum absolute atomic E-state index is 12.7. The average Bonchev–Trinajstić information content (AvgIpc) is 3.23. The van der Waals surface area contributed by atoms with Crippen LogP contribution in [0.1, 0.15) is 58.2 Å². The van der Waals surface area contributed by atoms with Gasteiger partial charge in [0.05, 0.1) is 32.0 Å². The van der Waals surface area contributed by atoms with E-state index in [9.17, 15) is 35.1 Å². The second-order valence-corrected chi connectivity index (χ2v) is 15.7. The molecule has 0 spiro atoms. The molecule has 2 saturated heterocycles. The van der Waals surface area contributed by atoms with Crippen LogP contribution >= 0.6 is 0 Å². The minimum absolute atomic E-state index is 0.0740. The van der Waals surface area contributed by atoms with Gasteiger partial charge in [0.2, 0.25) is 11.8 Å². The van der Waals surface area contributed by atoms with E-state index < -0.39 is 73.9 Å². The monoisotopic (exact) mass is 824 g/mol. The first-order chi connectivity index (χ1) is 28.2. The zero-order chi connectivity index (χ0) is 43.1. The van der Waals surface area contributed by atoms with Crippen LogP contribution in [0.4, 0.5) is 0 Å². The van der Waals surface area contributed by atoms with E-state index in [1.165, 1.54) is 0 Å². The first kappa shape index (κ1) is 47.9. The number of hydrogen-bond acceptors (Lipinski definition) is 12. The van der Waals surface area contributed by atoms with Crippen molar-refractivity contribution in [1.29, 1.82) is 0 Å². The Hall–Kier alpha value is -3.80. The summed E-state index contributed by atoms with van der Waals surface area (Å²) in [7, 11) is 0. The van der Waals surface area contributed by atoms with Crippen LogP contribution < -0.4 is 10.6 Å². The van der Waals surface area contributed by atoms with Gasteiger partial charge < -0.3 is 59.9 Å². The van der Waals surface area contributed by atoms with Crippen molar-refractivity contribution in [1.82, 2.24) is 10.6 Å². The summed E-state index contributed by atoms with van der Waals surface area (Å²) in [5.41, 5.74) is 3.24. The van der Waals surface area contributed by atoms with Gasteiger partial charge in [0.25, 0.3) is 0 Å². The second kappa shape index (κ2) is 23.8. The third-order valence-electron chi connectivity index (χ3n) is 10.6. The third-order valence-corrected chi connectivity index (χ3v) is 10.6. The lowest BCUT2D eigenvalue weighted by Gasteiger charge is -2.43. The largest absolute Gasteiger partial charge is 0.394 e. The molecule has 2 aliphatic heterocycles. The molecule has 2 fully saturated rings. The number of carbonyl (C=O) groups excluding carboxylic acids is 2. The lowest BCUT2D eigenvalue weighted by molar-refractivity contribution is -0.295. The molecule has 14 heteroatoms. The van der Waals surface area contributed by atoms with Crippen molar-refractivity contribution in [3.05, 3.63) is 108 Å². The van der Waals surface area contributed by atoms with Gasteiger partial charge in [-0.3, -0.25) is 9.59 Å². The molecule has 0 saturated carbocycles. The van der Waals surface area contributed by atoms with E-state index in [0.29, 0.717) is 19.4 Å². The maximum atomic E-state index is 12.7. The zero-order valence-corrected chi connectivity index (χ0v) is 34.9. The highest BCUT2D eigenvalue weighted by molar-refractivity contribution is 5.81. The summed E-state index contributed by atoms with van der Waals surface area (Å²) in [6, 6.07) is 29.3. The molecule has 2 aliphatic rings. The molecule has 0 radical (unpaired) electrons. The smallest absolute Gasteiger partial charge is 0.249 e. The Bertz CT molecular complexity index is 1660. The molecule has 0 bridgehead atoms. The molecule has 59 heavy (non-hydrogen) atoms. The van der Waals surface area contributed by atoms with Crippen molar-refractivity contribution in [2.24, 2.45) is 11.8 Å². The predicted molar refractivity (Wildman–Crippen MR) is 219 cm³/mol. The second-order valence-electron chi connectivity index (χ2n) is 15.7. The minimum atomic E-state index is -1.17. The van der Waals surface area contributed by atoms with E-state index in [-0.39, 0.29) is 36.4 Å². The fourth-order valence-corrected chi connectivity index (χ4v) is 7.13. The standard InChI is InChI=1S/C26H35NO6.C19H29NO6/c1-17(14-20-10-6-4-7-11-20)27-25(30)19(3)32-24-18(2)26(33-22(15-28)23(24)29)31-16-21-12-8-5-9-13-21;1-11(9-14-7-5-4-6-8-14)20-18(23)13(3)25-17-12(2)19(24)26-15(10-21)16(17)22/h4-13,17-19,22-24,26,28-29H,14-16H2,1-3H3,(H,27,30);4-8,11-13,15-17,19,21-22,24H,9-10H2,1-3H3,(H,20,23)/t17-,18?,19-,22?,23+,24+,26-;11-,12?,13-,15?,16+,17+,19-/m00/s1. The fraction of sp³-hybridized carbons (Fsp3) is 0.556. The quantitative estimate of drug-likeness (QED) is 0.105. The third kappa shape index (κ3) is 14.4. The van der Waals surface area contributed by atoms with Crippen LogP contribution in [0.3, 0.4) is 0 Å². The van der Waals surface area contributed by atoms with Gasteiger partial charge in [-0.2, -0.15) is 0 Å². The average molecular weight is 825 g/mol. The van der Waals surface area contributed by atoms with Gasteiger partial charge in [0, 0.05) is 23.9 Å². The molecule has 3 aromatic carbocycles. The summed E-state index contributed by atoms with van der Waals surface area (Å²) in [5, 5.41) is 55.7. The highest BCUT2D eigenvalue weighted by atomic mass is 16.7. The Morgan fingerprint density at radius 3 is 1.42 bits per heavy atom. The zero-order valence-electron chi connectivity index (χ0n) is 34.9. The van der Waals surface area contributed by atoms with Gasteiger partial charge >= 0.3 is 0 Å². The number of benzene rings is 3. The Kier molecular flexibility index (Phi) is 19.4. The van der Waals surface area contributed by atoms with Gasteiger partial charge in [-0.15, -0.1) is 0 Å². The number of rotatable bonds is 17. The van der Waals surface area contributed by atoms with Crippen molar-refractivity contribution in [3.8, 4) is 0 Å². The van der Waals surface area contributed by atoms with Crippen LogP contribution in [0.15, 0.2) is 91.0 Å². The van der Waals surface area contributed by atoms with Crippen molar-refractivity contribution in [2.75, 3.05) is 13.2 Å². The van der Waals surface area contributed by atoms with E-state index in [4.69, 9.17) is 23.7 Å². The molecule has 0 aromatic heterocycles. The molecule has 326 valence electrons. The van der Waals surface area contributed by atoms with E-state index in [1.54, 1.807) is 20.8 Å². The Balaban J connectivity index is 0.000000268. The number of ether oxygens (including phenoxy) is 5. The Labute approximate surface area is 347 Å².